The van der Waals surface area contributed by atoms with E-state index in [-0.39, 0.29) is 11.9 Å². The van der Waals surface area contributed by atoms with Gasteiger partial charge in [-0.3, -0.25) is 9.69 Å². The molecule has 0 aromatic heterocycles. The number of nitrogens with zero attached hydrogens (tertiary/aromatic N) is 1. The van der Waals surface area contributed by atoms with Crippen molar-refractivity contribution in [1.29, 1.82) is 0 Å². The third-order valence-corrected chi connectivity index (χ3v) is 4.96. The van der Waals surface area contributed by atoms with Crippen LogP contribution in [0.4, 0.5) is 0 Å². The van der Waals surface area contributed by atoms with Crippen LogP contribution < -0.4 is 11.1 Å². The van der Waals surface area contributed by atoms with Gasteiger partial charge in [-0.2, -0.15) is 0 Å². The quantitative estimate of drug-likeness (QED) is 0.833. The Hall–Kier alpha value is -1.88. The first-order valence-corrected chi connectivity index (χ1v) is 9.12. The summed E-state index contributed by atoms with van der Waals surface area (Å²) in [4.78, 5) is 14.9. The molecule has 1 aliphatic heterocycles. The molecule has 5 heteroatoms. The minimum atomic E-state index is -0.0604. The number of halogens is 1. The number of carbonyl (C=O) groups is 1. The fourth-order valence-corrected chi connectivity index (χ4v) is 3.51. The predicted octanol–water partition coefficient (Wildman–Crippen LogP) is 3.37. The summed E-state index contributed by atoms with van der Waals surface area (Å²) in [6.45, 7) is 3.15. The molecule has 0 saturated carbocycles. The zero-order valence-electron chi connectivity index (χ0n) is 14.2. The van der Waals surface area contributed by atoms with Crippen molar-refractivity contribution < 1.29 is 4.79 Å². The molecule has 0 radical (unpaired) electrons. The van der Waals surface area contributed by atoms with Gasteiger partial charge < -0.3 is 11.1 Å². The molecule has 1 heterocycles. The molecular formula is C20H24ClN3O. The van der Waals surface area contributed by atoms with E-state index in [1.165, 1.54) is 12.8 Å². The first-order chi connectivity index (χ1) is 12.2. The number of likely N-dealkylation sites (tertiary alicyclic amines) is 1. The molecule has 0 aliphatic carbocycles. The standard InChI is InChI=1S/C20H24ClN3O/c21-18-5-3-4-17(12-18)19(24-10-1-2-11-24)14-23-20(25)16-8-6-15(13-22)7-9-16/h3-9,12,19H,1-2,10-11,13-14,22H2,(H,23,25). The second kappa shape index (κ2) is 8.48. The van der Waals surface area contributed by atoms with Crippen molar-refractivity contribution in [1.82, 2.24) is 10.2 Å². The Labute approximate surface area is 154 Å². The Kier molecular flexibility index (Phi) is 6.08. The van der Waals surface area contributed by atoms with Crippen molar-refractivity contribution in [2.24, 2.45) is 5.73 Å². The minimum Gasteiger partial charge on any atom is -0.350 e. The van der Waals surface area contributed by atoms with Gasteiger partial charge in [0.05, 0.1) is 6.04 Å². The van der Waals surface area contributed by atoms with Crippen molar-refractivity contribution in [2.45, 2.75) is 25.4 Å². The highest BCUT2D eigenvalue weighted by molar-refractivity contribution is 6.30. The lowest BCUT2D eigenvalue weighted by Gasteiger charge is -2.28. The summed E-state index contributed by atoms with van der Waals surface area (Å²) >= 11 is 6.17. The summed E-state index contributed by atoms with van der Waals surface area (Å²) < 4.78 is 0. The summed E-state index contributed by atoms with van der Waals surface area (Å²) in [7, 11) is 0. The Morgan fingerprint density at radius 1 is 1.16 bits per heavy atom. The highest BCUT2D eigenvalue weighted by atomic mass is 35.5. The van der Waals surface area contributed by atoms with E-state index >= 15 is 0 Å². The number of nitrogens with two attached hydrogens (primary N) is 1. The van der Waals surface area contributed by atoms with Crippen LogP contribution >= 0.6 is 11.6 Å². The topological polar surface area (TPSA) is 58.4 Å². The first-order valence-electron chi connectivity index (χ1n) is 8.74. The Morgan fingerprint density at radius 3 is 2.52 bits per heavy atom. The van der Waals surface area contributed by atoms with E-state index in [0.717, 1.165) is 29.2 Å². The smallest absolute Gasteiger partial charge is 0.251 e. The second-order valence-corrected chi connectivity index (χ2v) is 6.86. The normalized spacial score (nSPS) is 15.9. The molecule has 1 unspecified atom stereocenters. The van der Waals surface area contributed by atoms with Gasteiger partial charge in [-0.25, -0.2) is 0 Å². The number of amides is 1. The summed E-state index contributed by atoms with van der Waals surface area (Å²) in [5.41, 5.74) is 8.43. The molecule has 25 heavy (non-hydrogen) atoms. The van der Waals surface area contributed by atoms with Gasteiger partial charge in [0.2, 0.25) is 0 Å². The highest BCUT2D eigenvalue weighted by Gasteiger charge is 2.24. The van der Waals surface area contributed by atoms with Crippen molar-refractivity contribution in [3.05, 3.63) is 70.2 Å². The van der Waals surface area contributed by atoms with Crippen LogP contribution in [0.3, 0.4) is 0 Å². The van der Waals surface area contributed by atoms with Crippen LogP contribution in [0.5, 0.6) is 0 Å². The van der Waals surface area contributed by atoms with Gasteiger partial charge in [-0.05, 0) is 61.3 Å². The number of benzene rings is 2. The number of hydrogen-bond donors (Lipinski definition) is 2. The Balaban J connectivity index is 1.70. The van der Waals surface area contributed by atoms with Crippen molar-refractivity contribution >= 4 is 17.5 Å². The minimum absolute atomic E-state index is 0.0604. The van der Waals surface area contributed by atoms with E-state index in [1.807, 2.05) is 42.5 Å². The molecule has 1 saturated heterocycles. The van der Waals surface area contributed by atoms with Gasteiger partial charge in [0.25, 0.3) is 5.91 Å². The average Bonchev–Trinajstić information content (AvgIpc) is 3.16. The number of nitrogens with one attached hydrogen (secondary N) is 1. The maximum absolute atomic E-state index is 12.5. The third-order valence-electron chi connectivity index (χ3n) is 4.72. The molecule has 3 N–H and O–H groups in total. The zero-order chi connectivity index (χ0) is 17.6. The van der Waals surface area contributed by atoms with Crippen LogP contribution in [0.15, 0.2) is 48.5 Å². The third kappa shape index (κ3) is 4.60. The molecular weight excluding hydrogens is 334 g/mol. The van der Waals surface area contributed by atoms with Gasteiger partial charge in [0, 0.05) is 23.7 Å². The molecule has 0 spiro atoms. The van der Waals surface area contributed by atoms with E-state index in [1.54, 1.807) is 0 Å². The SMILES string of the molecule is NCc1ccc(C(=O)NCC(c2cccc(Cl)c2)N2CCCC2)cc1. The molecule has 132 valence electrons. The maximum Gasteiger partial charge on any atom is 0.251 e. The van der Waals surface area contributed by atoms with E-state index in [0.29, 0.717) is 18.7 Å². The molecule has 0 bridgehead atoms. The molecule has 1 aliphatic rings. The van der Waals surface area contributed by atoms with Gasteiger partial charge in [-0.15, -0.1) is 0 Å². The lowest BCUT2D eigenvalue weighted by molar-refractivity contribution is 0.0938. The summed E-state index contributed by atoms with van der Waals surface area (Å²) in [6.07, 6.45) is 2.40. The maximum atomic E-state index is 12.5. The number of carbonyl (C=O) groups excluding carboxylic acids is 1. The average molecular weight is 358 g/mol. The van der Waals surface area contributed by atoms with Gasteiger partial charge in [-0.1, -0.05) is 35.9 Å². The molecule has 2 aromatic carbocycles. The van der Waals surface area contributed by atoms with E-state index in [9.17, 15) is 4.79 Å². The van der Waals surface area contributed by atoms with Crippen LogP contribution in [0, 0.1) is 0 Å². The fraction of sp³-hybridized carbons (Fsp3) is 0.350. The van der Waals surface area contributed by atoms with Crippen LogP contribution in [0.25, 0.3) is 0 Å². The molecule has 3 rings (SSSR count). The number of hydrogen-bond acceptors (Lipinski definition) is 3. The van der Waals surface area contributed by atoms with Crippen LogP contribution in [-0.4, -0.2) is 30.4 Å². The van der Waals surface area contributed by atoms with Crippen LogP contribution in [0.1, 0.15) is 40.4 Å². The molecule has 2 aromatic rings. The van der Waals surface area contributed by atoms with E-state index in [4.69, 9.17) is 17.3 Å². The monoisotopic (exact) mass is 357 g/mol. The van der Waals surface area contributed by atoms with Crippen molar-refractivity contribution in [2.75, 3.05) is 19.6 Å². The van der Waals surface area contributed by atoms with Crippen molar-refractivity contribution in [3.63, 3.8) is 0 Å². The molecule has 1 amide bonds. The van der Waals surface area contributed by atoms with E-state index in [2.05, 4.69) is 16.3 Å². The Morgan fingerprint density at radius 2 is 1.88 bits per heavy atom. The summed E-state index contributed by atoms with van der Waals surface area (Å²) in [5, 5.41) is 3.80. The van der Waals surface area contributed by atoms with Gasteiger partial charge in [0.1, 0.15) is 0 Å². The van der Waals surface area contributed by atoms with Gasteiger partial charge >= 0.3 is 0 Å². The van der Waals surface area contributed by atoms with Crippen LogP contribution in [0.2, 0.25) is 5.02 Å². The molecule has 1 fully saturated rings. The fourth-order valence-electron chi connectivity index (χ4n) is 3.31. The molecule has 4 nitrogen and oxygen atoms in total. The predicted molar refractivity (Wildman–Crippen MR) is 102 cm³/mol. The van der Waals surface area contributed by atoms with Crippen LogP contribution in [-0.2, 0) is 6.54 Å². The summed E-state index contributed by atoms with van der Waals surface area (Å²) in [5.74, 6) is -0.0604. The zero-order valence-corrected chi connectivity index (χ0v) is 15.0. The van der Waals surface area contributed by atoms with Gasteiger partial charge in [0.15, 0.2) is 0 Å². The largest absolute Gasteiger partial charge is 0.350 e. The Bertz CT molecular complexity index is 711. The van der Waals surface area contributed by atoms with Crippen molar-refractivity contribution in [3.8, 4) is 0 Å². The first kappa shape index (κ1) is 17.9. The lowest BCUT2D eigenvalue weighted by atomic mass is 10.0. The lowest BCUT2D eigenvalue weighted by Crippen LogP contribution is -2.36. The number of rotatable bonds is 6. The summed E-state index contributed by atoms with van der Waals surface area (Å²) in [6, 6.07) is 15.5. The second-order valence-electron chi connectivity index (χ2n) is 6.42. The van der Waals surface area contributed by atoms with E-state index < -0.39 is 0 Å². The highest BCUT2D eigenvalue weighted by Crippen LogP contribution is 2.26. The molecule has 1 atom stereocenters.